The Labute approximate surface area is 69.3 Å². The van der Waals surface area contributed by atoms with E-state index in [4.69, 9.17) is 0 Å². The zero-order chi connectivity index (χ0) is 8.10. The van der Waals surface area contributed by atoms with E-state index in [-0.39, 0.29) is 0 Å². The van der Waals surface area contributed by atoms with Crippen LogP contribution >= 0.6 is 0 Å². The molecule has 2 nitrogen and oxygen atoms in total. The molecule has 0 amide bonds. The zero-order valence-corrected chi connectivity index (χ0v) is 7.58. The van der Waals surface area contributed by atoms with Gasteiger partial charge in [-0.3, -0.25) is 0 Å². The third kappa shape index (κ3) is 3.40. The van der Waals surface area contributed by atoms with Crippen LogP contribution in [0.5, 0.6) is 0 Å². The third-order valence-corrected chi connectivity index (χ3v) is 2.16. The van der Waals surface area contributed by atoms with E-state index in [0.29, 0.717) is 0 Å². The van der Waals surface area contributed by atoms with Crippen LogP contribution in [0.1, 0.15) is 32.1 Å². The lowest BCUT2D eigenvalue weighted by atomic mass is 9.90. The molecule has 0 heterocycles. The fourth-order valence-electron chi connectivity index (χ4n) is 1.51. The minimum atomic E-state index is 0.756. The van der Waals surface area contributed by atoms with Crippen LogP contribution in [0.2, 0.25) is 0 Å². The summed E-state index contributed by atoms with van der Waals surface area (Å²) >= 11 is 0. The van der Waals surface area contributed by atoms with Crippen LogP contribution < -0.4 is 0 Å². The highest BCUT2D eigenvalue weighted by Gasteiger charge is 2.10. The van der Waals surface area contributed by atoms with Gasteiger partial charge in [0.15, 0.2) is 0 Å². The summed E-state index contributed by atoms with van der Waals surface area (Å²) in [5.74, 6) is 0.756. The fourth-order valence-corrected chi connectivity index (χ4v) is 1.51. The van der Waals surface area contributed by atoms with Crippen molar-refractivity contribution >= 4 is 6.21 Å². The predicted octanol–water partition coefficient (Wildman–Crippen LogP) is 2.11. The first-order valence-corrected chi connectivity index (χ1v) is 4.50. The number of rotatable bonds is 2. The van der Waals surface area contributed by atoms with Crippen molar-refractivity contribution in [3.63, 3.8) is 0 Å². The van der Waals surface area contributed by atoms with Crippen LogP contribution in [0.4, 0.5) is 0 Å². The van der Waals surface area contributed by atoms with Gasteiger partial charge in [-0.1, -0.05) is 19.3 Å². The molecule has 0 N–H and O–H groups in total. The molecule has 1 fully saturated rings. The van der Waals surface area contributed by atoms with Gasteiger partial charge in [0.05, 0.1) is 0 Å². The molecule has 1 saturated carbocycles. The van der Waals surface area contributed by atoms with E-state index < -0.39 is 0 Å². The number of nitrogens with zero attached hydrogens (tertiary/aromatic N) is 2. The van der Waals surface area contributed by atoms with Crippen molar-refractivity contribution in [1.29, 1.82) is 0 Å². The van der Waals surface area contributed by atoms with Gasteiger partial charge < -0.3 is 5.01 Å². The van der Waals surface area contributed by atoms with Gasteiger partial charge in [0, 0.05) is 20.3 Å². The Morgan fingerprint density at radius 2 is 1.82 bits per heavy atom. The second kappa shape index (κ2) is 4.37. The zero-order valence-electron chi connectivity index (χ0n) is 7.58. The molecule has 0 saturated heterocycles. The first kappa shape index (κ1) is 8.57. The van der Waals surface area contributed by atoms with Crippen molar-refractivity contribution in [3.05, 3.63) is 0 Å². The average molecular weight is 154 g/mol. The van der Waals surface area contributed by atoms with E-state index in [1.165, 1.54) is 32.1 Å². The Morgan fingerprint density at radius 1 is 1.18 bits per heavy atom. The van der Waals surface area contributed by atoms with Gasteiger partial charge in [-0.05, 0) is 18.8 Å². The molecule has 2 heteroatoms. The van der Waals surface area contributed by atoms with Gasteiger partial charge in [0.2, 0.25) is 0 Å². The average Bonchev–Trinajstić information content (AvgIpc) is 2.03. The Hall–Kier alpha value is -0.530. The molecule has 0 aromatic carbocycles. The number of hydrazone groups is 1. The van der Waals surface area contributed by atoms with E-state index in [0.717, 1.165) is 5.92 Å². The minimum Gasteiger partial charge on any atom is -0.303 e. The smallest absolute Gasteiger partial charge is 0.0275 e. The highest BCUT2D eigenvalue weighted by atomic mass is 15.4. The van der Waals surface area contributed by atoms with E-state index >= 15 is 0 Å². The Balaban J connectivity index is 2.23. The lowest BCUT2D eigenvalue weighted by molar-refractivity contribution is 0.413. The molecule has 64 valence electrons. The Kier molecular flexibility index (Phi) is 3.40. The monoisotopic (exact) mass is 154 g/mol. The first-order valence-electron chi connectivity index (χ1n) is 4.50. The molecule has 0 aromatic rings. The molecular formula is C9H18N2. The van der Waals surface area contributed by atoms with Crippen molar-refractivity contribution in [3.8, 4) is 0 Å². The van der Waals surface area contributed by atoms with E-state index in [1.54, 1.807) is 0 Å². The van der Waals surface area contributed by atoms with Crippen molar-refractivity contribution in [2.24, 2.45) is 11.0 Å². The molecule has 0 spiro atoms. The summed E-state index contributed by atoms with van der Waals surface area (Å²) in [5, 5.41) is 6.13. The quantitative estimate of drug-likeness (QED) is 0.439. The largest absolute Gasteiger partial charge is 0.303 e. The maximum absolute atomic E-state index is 4.26. The van der Waals surface area contributed by atoms with E-state index in [9.17, 15) is 0 Å². The second-order valence-electron chi connectivity index (χ2n) is 3.51. The highest BCUT2D eigenvalue weighted by molar-refractivity contribution is 5.60. The highest BCUT2D eigenvalue weighted by Crippen LogP contribution is 2.21. The summed E-state index contributed by atoms with van der Waals surface area (Å²) in [4.78, 5) is 0. The first-order chi connectivity index (χ1) is 5.29. The van der Waals surface area contributed by atoms with Crippen LogP contribution in [0, 0.1) is 5.92 Å². The molecule has 0 aromatic heterocycles. The molecule has 1 aliphatic carbocycles. The van der Waals surface area contributed by atoms with Gasteiger partial charge in [0.1, 0.15) is 0 Å². The Bertz CT molecular complexity index is 124. The molecule has 0 unspecified atom stereocenters. The van der Waals surface area contributed by atoms with Gasteiger partial charge in [0.25, 0.3) is 0 Å². The van der Waals surface area contributed by atoms with Crippen LogP contribution in [-0.4, -0.2) is 25.3 Å². The fraction of sp³-hybridized carbons (Fsp3) is 0.889. The molecule has 0 bridgehead atoms. The molecule has 0 atom stereocenters. The molecule has 0 aliphatic heterocycles. The van der Waals surface area contributed by atoms with Gasteiger partial charge in [-0.25, -0.2) is 0 Å². The van der Waals surface area contributed by atoms with E-state index in [1.807, 2.05) is 19.1 Å². The summed E-state index contributed by atoms with van der Waals surface area (Å²) in [6.45, 7) is 0. The topological polar surface area (TPSA) is 15.6 Å². The lowest BCUT2D eigenvalue weighted by Crippen LogP contribution is -2.10. The van der Waals surface area contributed by atoms with Crippen LogP contribution in [0.15, 0.2) is 5.10 Å². The second-order valence-corrected chi connectivity index (χ2v) is 3.51. The third-order valence-electron chi connectivity index (χ3n) is 2.16. The van der Waals surface area contributed by atoms with E-state index in [2.05, 4.69) is 11.3 Å². The summed E-state index contributed by atoms with van der Waals surface area (Å²) in [6, 6.07) is 0. The maximum atomic E-state index is 4.26. The van der Waals surface area contributed by atoms with Crippen LogP contribution in [0.3, 0.4) is 0 Å². The summed E-state index contributed by atoms with van der Waals surface area (Å²) in [7, 11) is 3.94. The summed E-state index contributed by atoms with van der Waals surface area (Å²) in [5.41, 5.74) is 0. The van der Waals surface area contributed by atoms with Crippen LogP contribution in [0.25, 0.3) is 0 Å². The Morgan fingerprint density at radius 3 is 2.36 bits per heavy atom. The van der Waals surface area contributed by atoms with Crippen molar-refractivity contribution in [1.82, 2.24) is 5.01 Å². The summed E-state index contributed by atoms with van der Waals surface area (Å²) in [6.07, 6.45) is 9.01. The van der Waals surface area contributed by atoms with Crippen LogP contribution in [-0.2, 0) is 0 Å². The molecular weight excluding hydrogens is 136 g/mol. The van der Waals surface area contributed by atoms with Crippen molar-refractivity contribution in [2.45, 2.75) is 32.1 Å². The van der Waals surface area contributed by atoms with Gasteiger partial charge >= 0.3 is 0 Å². The molecule has 11 heavy (non-hydrogen) atoms. The number of hydrogen-bond donors (Lipinski definition) is 0. The molecule has 1 rings (SSSR count). The molecule has 0 radical (unpaired) electrons. The normalized spacial score (nSPS) is 20.9. The van der Waals surface area contributed by atoms with Gasteiger partial charge in [-0.15, -0.1) is 0 Å². The SMILES string of the molecule is CN(C)/N=C/C1CCCCC1. The maximum Gasteiger partial charge on any atom is 0.0275 e. The molecule has 1 aliphatic rings. The number of hydrogen-bond acceptors (Lipinski definition) is 2. The standard InChI is InChI=1S/C9H18N2/c1-11(2)10-8-9-6-4-3-5-7-9/h8-9H,3-7H2,1-2H3/b10-8+. The minimum absolute atomic E-state index is 0.756. The predicted molar refractivity (Wildman–Crippen MR) is 48.8 cm³/mol. The summed E-state index contributed by atoms with van der Waals surface area (Å²) < 4.78 is 0. The van der Waals surface area contributed by atoms with Gasteiger partial charge in [-0.2, -0.15) is 5.10 Å². The lowest BCUT2D eigenvalue weighted by Gasteiger charge is -2.17. The van der Waals surface area contributed by atoms with Crippen molar-refractivity contribution < 1.29 is 0 Å². The van der Waals surface area contributed by atoms with Crippen molar-refractivity contribution in [2.75, 3.05) is 14.1 Å².